The highest BCUT2D eigenvalue weighted by molar-refractivity contribution is 4.94. The Bertz CT molecular complexity index is 294. The Labute approximate surface area is 138 Å². The van der Waals surface area contributed by atoms with E-state index in [-0.39, 0.29) is 0 Å². The minimum Gasteiger partial charge on any atom is -0.381 e. The van der Waals surface area contributed by atoms with Gasteiger partial charge in [0.1, 0.15) is 0 Å². The summed E-state index contributed by atoms with van der Waals surface area (Å²) in [6.07, 6.45) is 23.7. The molecule has 0 aliphatic heterocycles. The topological polar surface area (TPSA) is 9.23 Å². The van der Waals surface area contributed by atoms with Crippen LogP contribution in [0.15, 0.2) is 24.3 Å². The maximum Gasteiger partial charge on any atom is 0.0643 e. The largest absolute Gasteiger partial charge is 0.381 e. The number of methoxy groups -OCH3 is 1. The van der Waals surface area contributed by atoms with Crippen LogP contribution in [0.5, 0.6) is 0 Å². The van der Waals surface area contributed by atoms with Crippen molar-refractivity contribution >= 4 is 0 Å². The Morgan fingerprint density at radius 1 is 0.773 bits per heavy atom. The van der Waals surface area contributed by atoms with E-state index in [0.29, 0.717) is 0 Å². The summed E-state index contributed by atoms with van der Waals surface area (Å²) >= 11 is 0. The molecule has 0 bridgehead atoms. The SMILES string of the molecule is CCC/C=C/C1CCC(C2CCC(/C=C/COC)CC2)CC1. The van der Waals surface area contributed by atoms with Gasteiger partial charge in [-0.05, 0) is 81.5 Å². The zero-order valence-electron chi connectivity index (χ0n) is 14.8. The summed E-state index contributed by atoms with van der Waals surface area (Å²) in [6, 6.07) is 0. The highest BCUT2D eigenvalue weighted by Crippen LogP contribution is 2.41. The van der Waals surface area contributed by atoms with Crippen molar-refractivity contribution in [2.24, 2.45) is 23.7 Å². The lowest BCUT2D eigenvalue weighted by Gasteiger charge is -2.37. The van der Waals surface area contributed by atoms with Gasteiger partial charge in [0.05, 0.1) is 6.61 Å². The van der Waals surface area contributed by atoms with Gasteiger partial charge in [0.25, 0.3) is 0 Å². The van der Waals surface area contributed by atoms with E-state index in [1.54, 1.807) is 7.11 Å². The normalized spacial score (nSPS) is 33.7. The van der Waals surface area contributed by atoms with Gasteiger partial charge in [-0.25, -0.2) is 0 Å². The van der Waals surface area contributed by atoms with E-state index in [1.807, 2.05) is 0 Å². The lowest BCUT2D eigenvalue weighted by molar-refractivity contribution is 0.166. The quantitative estimate of drug-likeness (QED) is 0.512. The van der Waals surface area contributed by atoms with Crippen LogP contribution in [0.1, 0.15) is 71.1 Å². The predicted molar refractivity (Wildman–Crippen MR) is 96.0 cm³/mol. The molecule has 0 radical (unpaired) electrons. The molecular formula is C21H36O. The molecule has 2 fully saturated rings. The van der Waals surface area contributed by atoms with Gasteiger partial charge < -0.3 is 4.74 Å². The van der Waals surface area contributed by atoms with Crippen LogP contribution in [-0.2, 0) is 4.74 Å². The zero-order chi connectivity index (χ0) is 15.6. The number of hydrogen-bond donors (Lipinski definition) is 0. The Morgan fingerprint density at radius 3 is 1.73 bits per heavy atom. The molecule has 0 aromatic heterocycles. The molecule has 0 atom stereocenters. The van der Waals surface area contributed by atoms with Gasteiger partial charge in [0, 0.05) is 7.11 Å². The number of unbranched alkanes of at least 4 members (excludes halogenated alkanes) is 1. The molecule has 0 unspecified atom stereocenters. The summed E-state index contributed by atoms with van der Waals surface area (Å²) in [6.45, 7) is 3.04. The molecule has 2 aliphatic carbocycles. The van der Waals surface area contributed by atoms with Crippen molar-refractivity contribution in [3.8, 4) is 0 Å². The Hall–Kier alpha value is -0.560. The van der Waals surface area contributed by atoms with Crippen LogP contribution < -0.4 is 0 Å². The lowest BCUT2D eigenvalue weighted by Crippen LogP contribution is -2.25. The molecular weight excluding hydrogens is 268 g/mol. The van der Waals surface area contributed by atoms with Crippen LogP contribution >= 0.6 is 0 Å². The molecule has 0 amide bonds. The van der Waals surface area contributed by atoms with Gasteiger partial charge in [-0.2, -0.15) is 0 Å². The smallest absolute Gasteiger partial charge is 0.0643 e. The Morgan fingerprint density at radius 2 is 1.27 bits per heavy atom. The van der Waals surface area contributed by atoms with Crippen LogP contribution in [0.2, 0.25) is 0 Å². The molecule has 0 spiro atoms. The second kappa shape index (κ2) is 10.3. The molecule has 0 aromatic rings. The van der Waals surface area contributed by atoms with Crippen LogP contribution in [0.25, 0.3) is 0 Å². The average molecular weight is 305 g/mol. The fraction of sp³-hybridized carbons (Fsp3) is 0.810. The molecule has 126 valence electrons. The number of allylic oxidation sites excluding steroid dienone is 3. The monoisotopic (exact) mass is 304 g/mol. The fourth-order valence-corrected chi connectivity index (χ4v) is 4.42. The van der Waals surface area contributed by atoms with Crippen LogP contribution in [0.3, 0.4) is 0 Å². The maximum atomic E-state index is 5.10. The van der Waals surface area contributed by atoms with Crippen molar-refractivity contribution in [2.45, 2.75) is 71.1 Å². The second-order valence-electron chi connectivity index (χ2n) is 7.45. The minimum absolute atomic E-state index is 0.773. The van der Waals surface area contributed by atoms with Gasteiger partial charge >= 0.3 is 0 Å². The summed E-state index contributed by atoms with van der Waals surface area (Å²) in [5.41, 5.74) is 0. The van der Waals surface area contributed by atoms with Crippen LogP contribution in [-0.4, -0.2) is 13.7 Å². The van der Waals surface area contributed by atoms with E-state index in [0.717, 1.165) is 30.3 Å². The zero-order valence-corrected chi connectivity index (χ0v) is 14.8. The summed E-state index contributed by atoms with van der Waals surface area (Å²) in [4.78, 5) is 0. The summed E-state index contributed by atoms with van der Waals surface area (Å²) in [5, 5.41) is 0. The molecule has 1 heteroatoms. The highest BCUT2D eigenvalue weighted by atomic mass is 16.5. The predicted octanol–water partition coefficient (Wildman–Crippen LogP) is 6.16. The minimum atomic E-state index is 0.773. The molecule has 1 nitrogen and oxygen atoms in total. The molecule has 2 rings (SSSR count). The summed E-state index contributed by atoms with van der Waals surface area (Å²) in [7, 11) is 1.77. The van der Waals surface area contributed by atoms with Gasteiger partial charge in [0.15, 0.2) is 0 Å². The molecule has 0 aromatic carbocycles. The first-order valence-electron chi connectivity index (χ1n) is 9.65. The van der Waals surface area contributed by atoms with Crippen molar-refractivity contribution in [3.63, 3.8) is 0 Å². The molecule has 0 heterocycles. The van der Waals surface area contributed by atoms with Crippen molar-refractivity contribution in [1.29, 1.82) is 0 Å². The van der Waals surface area contributed by atoms with Crippen molar-refractivity contribution in [1.82, 2.24) is 0 Å². The molecule has 22 heavy (non-hydrogen) atoms. The molecule has 0 saturated heterocycles. The molecule has 2 aliphatic rings. The van der Waals surface area contributed by atoms with Crippen molar-refractivity contribution < 1.29 is 4.74 Å². The van der Waals surface area contributed by atoms with Crippen LogP contribution in [0, 0.1) is 23.7 Å². The Kier molecular flexibility index (Phi) is 8.30. The molecule has 2 saturated carbocycles. The van der Waals surface area contributed by atoms with Crippen molar-refractivity contribution in [3.05, 3.63) is 24.3 Å². The summed E-state index contributed by atoms with van der Waals surface area (Å²) < 4.78 is 5.10. The van der Waals surface area contributed by atoms with E-state index in [9.17, 15) is 0 Å². The van der Waals surface area contributed by atoms with Gasteiger partial charge in [0.2, 0.25) is 0 Å². The third kappa shape index (κ3) is 5.91. The first-order chi connectivity index (χ1) is 10.8. The lowest BCUT2D eigenvalue weighted by atomic mass is 9.69. The maximum absolute atomic E-state index is 5.10. The van der Waals surface area contributed by atoms with Gasteiger partial charge in [-0.3, -0.25) is 0 Å². The van der Waals surface area contributed by atoms with Crippen LogP contribution in [0.4, 0.5) is 0 Å². The second-order valence-corrected chi connectivity index (χ2v) is 7.45. The Balaban J connectivity index is 1.66. The number of rotatable bonds is 7. The first-order valence-corrected chi connectivity index (χ1v) is 9.65. The highest BCUT2D eigenvalue weighted by Gasteiger charge is 2.29. The standard InChI is InChI=1S/C21H36O/c1-3-4-5-7-18-9-13-20(14-10-18)21-15-11-19(12-16-21)8-6-17-22-2/h5-8,18-21H,3-4,9-17H2,1-2H3/b7-5+,8-6+. The molecule has 0 N–H and O–H groups in total. The number of ether oxygens (including phenoxy) is 1. The average Bonchev–Trinajstić information content (AvgIpc) is 2.57. The summed E-state index contributed by atoms with van der Waals surface area (Å²) in [5.74, 6) is 3.75. The number of hydrogen-bond acceptors (Lipinski definition) is 1. The van der Waals surface area contributed by atoms with Crippen molar-refractivity contribution in [2.75, 3.05) is 13.7 Å². The van der Waals surface area contributed by atoms with Gasteiger partial charge in [-0.15, -0.1) is 0 Å². The third-order valence-corrected chi connectivity index (χ3v) is 5.83. The van der Waals surface area contributed by atoms with E-state index < -0.39 is 0 Å². The van der Waals surface area contributed by atoms with E-state index in [1.165, 1.54) is 64.2 Å². The van der Waals surface area contributed by atoms with E-state index >= 15 is 0 Å². The van der Waals surface area contributed by atoms with E-state index in [4.69, 9.17) is 4.74 Å². The third-order valence-electron chi connectivity index (χ3n) is 5.83. The van der Waals surface area contributed by atoms with Gasteiger partial charge in [-0.1, -0.05) is 37.6 Å². The van der Waals surface area contributed by atoms with E-state index in [2.05, 4.69) is 31.2 Å². The fourth-order valence-electron chi connectivity index (χ4n) is 4.42. The first kappa shape index (κ1) is 17.8.